The number of aromatic hydroxyl groups is 1. The highest BCUT2D eigenvalue weighted by molar-refractivity contribution is 6.39. The number of phenolic OH excluding ortho intramolecular Hbond substituents is 1. The van der Waals surface area contributed by atoms with Gasteiger partial charge in [-0.3, -0.25) is 14.9 Å². The first-order chi connectivity index (χ1) is 16.9. The molecule has 1 aliphatic heterocycles. The fraction of sp³-hybridized carbons (Fsp3) is 0.148. The smallest absolute Gasteiger partial charge is 0.335 e. The van der Waals surface area contributed by atoms with Gasteiger partial charge in [0.1, 0.15) is 17.9 Å². The highest BCUT2D eigenvalue weighted by Gasteiger charge is 2.36. The van der Waals surface area contributed by atoms with Gasteiger partial charge in [-0.2, -0.15) is 0 Å². The van der Waals surface area contributed by atoms with Crippen LogP contribution in [0.2, 0.25) is 0 Å². The van der Waals surface area contributed by atoms with Gasteiger partial charge in [-0.1, -0.05) is 35.9 Å². The number of barbiturate groups is 1. The number of ether oxygens (including phenoxy) is 2. The van der Waals surface area contributed by atoms with Crippen LogP contribution in [0.3, 0.4) is 0 Å². The molecule has 1 heterocycles. The summed E-state index contributed by atoms with van der Waals surface area (Å²) in [5, 5.41) is 11.7. The van der Waals surface area contributed by atoms with Crippen molar-refractivity contribution in [3.63, 3.8) is 0 Å². The molecule has 1 aliphatic rings. The molecule has 1 fully saturated rings. The fourth-order valence-electron chi connectivity index (χ4n) is 3.51. The molecule has 0 bridgehead atoms. The molecule has 3 aromatic rings. The number of rotatable bonds is 7. The number of benzene rings is 3. The summed E-state index contributed by atoms with van der Waals surface area (Å²) < 4.78 is 11.7. The summed E-state index contributed by atoms with van der Waals surface area (Å²) in [6.45, 7) is 4.60. The predicted octanol–water partition coefficient (Wildman–Crippen LogP) is 4.34. The molecule has 8 heteroatoms. The normalized spacial score (nSPS) is 14.7. The molecule has 178 valence electrons. The number of aryl methyl sites for hydroxylation is 1. The van der Waals surface area contributed by atoms with E-state index < -0.39 is 17.8 Å². The van der Waals surface area contributed by atoms with Gasteiger partial charge in [0.15, 0.2) is 11.5 Å². The van der Waals surface area contributed by atoms with Crippen LogP contribution < -0.4 is 19.7 Å². The Bertz CT molecular complexity index is 1300. The third-order valence-electron chi connectivity index (χ3n) is 5.30. The van der Waals surface area contributed by atoms with E-state index in [9.17, 15) is 19.5 Å². The molecule has 4 amide bonds. The number of nitrogens with zero attached hydrogens (tertiary/aromatic N) is 1. The summed E-state index contributed by atoms with van der Waals surface area (Å²) in [4.78, 5) is 38.7. The Kier molecular flexibility index (Phi) is 6.82. The van der Waals surface area contributed by atoms with E-state index in [-0.39, 0.29) is 17.0 Å². The van der Waals surface area contributed by atoms with Gasteiger partial charge in [0.2, 0.25) is 0 Å². The number of nitrogens with one attached hydrogen (secondary N) is 1. The van der Waals surface area contributed by atoms with Gasteiger partial charge in [0, 0.05) is 0 Å². The van der Waals surface area contributed by atoms with Crippen LogP contribution in [0.5, 0.6) is 17.2 Å². The van der Waals surface area contributed by atoms with E-state index in [2.05, 4.69) is 5.32 Å². The minimum absolute atomic E-state index is 0.0152. The van der Waals surface area contributed by atoms with E-state index in [1.165, 1.54) is 30.3 Å². The van der Waals surface area contributed by atoms with E-state index in [1.807, 2.05) is 38.1 Å². The maximum atomic E-state index is 13.1. The first kappa shape index (κ1) is 23.6. The van der Waals surface area contributed by atoms with Gasteiger partial charge in [-0.25, -0.2) is 9.69 Å². The van der Waals surface area contributed by atoms with Crippen LogP contribution in [0.25, 0.3) is 6.08 Å². The molecule has 2 N–H and O–H groups in total. The van der Waals surface area contributed by atoms with Gasteiger partial charge < -0.3 is 14.6 Å². The number of urea groups is 1. The molecule has 35 heavy (non-hydrogen) atoms. The average molecular weight is 472 g/mol. The Balaban J connectivity index is 1.60. The topological polar surface area (TPSA) is 105 Å². The van der Waals surface area contributed by atoms with E-state index in [4.69, 9.17) is 9.47 Å². The summed E-state index contributed by atoms with van der Waals surface area (Å²) in [6.07, 6.45) is 1.39. The Morgan fingerprint density at radius 1 is 0.914 bits per heavy atom. The number of carbonyl (C=O) groups excluding carboxylic acids is 3. The molecule has 0 unspecified atom stereocenters. The predicted molar refractivity (Wildman–Crippen MR) is 130 cm³/mol. The fourth-order valence-corrected chi connectivity index (χ4v) is 3.51. The second-order valence-corrected chi connectivity index (χ2v) is 7.89. The zero-order valence-corrected chi connectivity index (χ0v) is 19.3. The van der Waals surface area contributed by atoms with Crippen molar-refractivity contribution in [3.05, 3.63) is 89.0 Å². The standard InChI is InChI=1S/C27H24N2O6/c1-3-34-24-15-19(8-13-23(24)35-16-18-6-4-17(2)5-7-18)14-22-25(31)28-27(33)29(26(22)32)20-9-11-21(30)12-10-20/h4-15,30H,3,16H2,1-2H3,(H,28,31,33)/b22-14+. The Labute approximate surface area is 202 Å². The van der Waals surface area contributed by atoms with Crippen molar-refractivity contribution in [1.82, 2.24) is 5.32 Å². The zero-order valence-electron chi connectivity index (χ0n) is 19.3. The van der Waals surface area contributed by atoms with Crippen LogP contribution in [0.15, 0.2) is 72.3 Å². The molecular formula is C27H24N2O6. The van der Waals surface area contributed by atoms with Gasteiger partial charge >= 0.3 is 6.03 Å². The molecular weight excluding hydrogens is 448 g/mol. The van der Waals surface area contributed by atoms with Crippen molar-refractivity contribution in [1.29, 1.82) is 0 Å². The van der Waals surface area contributed by atoms with Crippen LogP contribution in [0.1, 0.15) is 23.6 Å². The number of imide groups is 2. The van der Waals surface area contributed by atoms with Crippen molar-refractivity contribution < 1.29 is 29.0 Å². The lowest BCUT2D eigenvalue weighted by Crippen LogP contribution is -2.54. The van der Waals surface area contributed by atoms with Crippen molar-refractivity contribution in [2.24, 2.45) is 0 Å². The number of amides is 4. The third-order valence-corrected chi connectivity index (χ3v) is 5.30. The molecule has 3 aromatic carbocycles. The summed E-state index contributed by atoms with van der Waals surface area (Å²) in [7, 11) is 0. The van der Waals surface area contributed by atoms with Crippen molar-refractivity contribution in [2.75, 3.05) is 11.5 Å². The number of anilines is 1. The SMILES string of the molecule is CCOc1cc(/C=C2\C(=O)NC(=O)N(c3ccc(O)cc3)C2=O)ccc1OCc1ccc(C)cc1. The van der Waals surface area contributed by atoms with Crippen LogP contribution in [0.4, 0.5) is 10.5 Å². The molecule has 0 aliphatic carbocycles. The number of hydrogen-bond donors (Lipinski definition) is 2. The first-order valence-corrected chi connectivity index (χ1v) is 11.0. The molecule has 0 atom stereocenters. The quantitative estimate of drug-likeness (QED) is 0.391. The van der Waals surface area contributed by atoms with E-state index >= 15 is 0 Å². The van der Waals surface area contributed by atoms with Crippen molar-refractivity contribution >= 4 is 29.6 Å². The summed E-state index contributed by atoms with van der Waals surface area (Å²) in [6, 6.07) is 17.7. The molecule has 4 rings (SSSR count). The third kappa shape index (κ3) is 5.33. The lowest BCUT2D eigenvalue weighted by atomic mass is 10.1. The second-order valence-electron chi connectivity index (χ2n) is 7.89. The Hall–Kier alpha value is -4.59. The largest absolute Gasteiger partial charge is 0.508 e. The molecule has 0 aromatic heterocycles. The van der Waals surface area contributed by atoms with E-state index in [0.29, 0.717) is 30.3 Å². The van der Waals surface area contributed by atoms with Crippen LogP contribution in [-0.2, 0) is 16.2 Å². The van der Waals surface area contributed by atoms with Gasteiger partial charge in [-0.15, -0.1) is 0 Å². The van der Waals surface area contributed by atoms with Crippen molar-refractivity contribution in [2.45, 2.75) is 20.5 Å². The van der Waals surface area contributed by atoms with Gasteiger partial charge in [-0.05, 0) is 67.4 Å². The number of phenols is 1. The molecule has 0 radical (unpaired) electrons. The highest BCUT2D eigenvalue weighted by Crippen LogP contribution is 2.31. The Morgan fingerprint density at radius 3 is 2.31 bits per heavy atom. The minimum atomic E-state index is -0.863. The first-order valence-electron chi connectivity index (χ1n) is 11.0. The van der Waals surface area contributed by atoms with Crippen molar-refractivity contribution in [3.8, 4) is 17.2 Å². The lowest BCUT2D eigenvalue weighted by molar-refractivity contribution is -0.122. The zero-order chi connectivity index (χ0) is 24.9. The van der Waals surface area contributed by atoms with E-state index in [1.54, 1.807) is 18.2 Å². The Morgan fingerprint density at radius 2 is 1.63 bits per heavy atom. The average Bonchev–Trinajstić information content (AvgIpc) is 2.83. The van der Waals surface area contributed by atoms with E-state index in [0.717, 1.165) is 16.0 Å². The molecule has 0 spiro atoms. The molecule has 1 saturated heterocycles. The minimum Gasteiger partial charge on any atom is -0.508 e. The van der Waals surface area contributed by atoms with Gasteiger partial charge in [0.25, 0.3) is 11.8 Å². The molecule has 0 saturated carbocycles. The summed E-state index contributed by atoms with van der Waals surface area (Å²) in [5.41, 5.74) is 2.70. The maximum absolute atomic E-state index is 13.1. The van der Waals surface area contributed by atoms with Gasteiger partial charge in [0.05, 0.1) is 12.3 Å². The lowest BCUT2D eigenvalue weighted by Gasteiger charge is -2.26. The highest BCUT2D eigenvalue weighted by atomic mass is 16.5. The van der Waals surface area contributed by atoms with Crippen LogP contribution in [-0.4, -0.2) is 29.6 Å². The maximum Gasteiger partial charge on any atom is 0.335 e. The number of hydrogen-bond acceptors (Lipinski definition) is 6. The van der Waals surface area contributed by atoms with Crippen LogP contribution in [0, 0.1) is 6.92 Å². The summed E-state index contributed by atoms with van der Waals surface area (Å²) in [5.74, 6) is -0.604. The summed E-state index contributed by atoms with van der Waals surface area (Å²) >= 11 is 0. The van der Waals surface area contributed by atoms with Crippen LogP contribution >= 0.6 is 0 Å². The number of carbonyl (C=O) groups is 3. The monoisotopic (exact) mass is 472 g/mol. The second kappa shape index (κ2) is 10.1. The molecule has 8 nitrogen and oxygen atoms in total.